The zero-order valence-corrected chi connectivity index (χ0v) is 17.9. The molecule has 1 fully saturated rings. The van der Waals surface area contributed by atoms with Gasteiger partial charge in [0.1, 0.15) is 0 Å². The van der Waals surface area contributed by atoms with E-state index in [0.29, 0.717) is 29.7 Å². The highest BCUT2D eigenvalue weighted by molar-refractivity contribution is 7.89. The first kappa shape index (κ1) is 20.0. The van der Waals surface area contributed by atoms with Crippen LogP contribution in [0.25, 0.3) is 0 Å². The Kier molecular flexibility index (Phi) is 5.20. The van der Waals surface area contributed by atoms with Crippen molar-refractivity contribution >= 4 is 10.0 Å². The van der Waals surface area contributed by atoms with Crippen LogP contribution in [0.5, 0.6) is 0 Å². The Morgan fingerprint density at radius 1 is 1.15 bits per heavy atom. The highest BCUT2D eigenvalue weighted by Crippen LogP contribution is 2.34. The molecule has 1 aromatic carbocycles. The Morgan fingerprint density at radius 2 is 1.78 bits per heavy atom. The lowest BCUT2D eigenvalue weighted by atomic mass is 9.85. The molecule has 1 saturated heterocycles. The number of nitrogens with zero attached hydrogens (tertiary/aromatic N) is 3. The minimum atomic E-state index is -3.58. The van der Waals surface area contributed by atoms with Gasteiger partial charge in [0.15, 0.2) is 5.82 Å². The number of aryl methyl sites for hydroxylation is 3. The second-order valence-electron chi connectivity index (χ2n) is 8.57. The largest absolute Gasteiger partial charge is 0.339 e. The number of benzene rings is 1. The summed E-state index contributed by atoms with van der Waals surface area (Å²) in [6, 6.07) is 4.01. The number of rotatable bonds is 3. The fourth-order valence-corrected chi connectivity index (χ4v) is 5.70. The Hall–Kier alpha value is -1.73. The Bertz CT molecular complexity index is 919. The van der Waals surface area contributed by atoms with Crippen LogP contribution in [-0.4, -0.2) is 36.0 Å². The first-order chi connectivity index (χ1) is 12.5. The molecular formula is C20H29N3O3S. The third-order valence-corrected chi connectivity index (χ3v) is 7.37. The molecule has 0 bridgehead atoms. The predicted octanol–water partition coefficient (Wildman–Crippen LogP) is 3.86. The van der Waals surface area contributed by atoms with Crippen molar-refractivity contribution in [3.05, 3.63) is 40.5 Å². The second-order valence-corrected chi connectivity index (χ2v) is 10.4. The molecular weight excluding hydrogens is 362 g/mol. The zero-order valence-electron chi connectivity index (χ0n) is 17.0. The van der Waals surface area contributed by atoms with Crippen LogP contribution in [0.15, 0.2) is 21.6 Å². The fraction of sp³-hybridized carbons (Fsp3) is 0.600. The second kappa shape index (κ2) is 7.02. The third-order valence-electron chi connectivity index (χ3n) is 5.20. The van der Waals surface area contributed by atoms with Crippen LogP contribution in [-0.2, 0) is 15.4 Å². The molecule has 6 nitrogen and oxygen atoms in total. The van der Waals surface area contributed by atoms with Gasteiger partial charge in [0.25, 0.3) is 0 Å². The molecule has 0 spiro atoms. The number of hydrogen-bond acceptors (Lipinski definition) is 5. The van der Waals surface area contributed by atoms with Crippen molar-refractivity contribution in [1.82, 2.24) is 14.4 Å². The number of sulfonamides is 1. The highest BCUT2D eigenvalue weighted by atomic mass is 32.2. The smallest absolute Gasteiger partial charge is 0.243 e. The van der Waals surface area contributed by atoms with E-state index in [1.165, 1.54) is 0 Å². The minimum absolute atomic E-state index is 0.0240. The molecule has 3 rings (SSSR count). The lowest BCUT2D eigenvalue weighted by molar-refractivity contribution is 0.265. The van der Waals surface area contributed by atoms with E-state index in [-0.39, 0.29) is 11.3 Å². The van der Waals surface area contributed by atoms with Crippen molar-refractivity contribution < 1.29 is 12.9 Å². The molecule has 1 atom stereocenters. The summed E-state index contributed by atoms with van der Waals surface area (Å²) in [5, 5.41) is 3.84. The van der Waals surface area contributed by atoms with Gasteiger partial charge >= 0.3 is 0 Å². The van der Waals surface area contributed by atoms with Crippen molar-refractivity contribution in [3.63, 3.8) is 0 Å². The van der Waals surface area contributed by atoms with Crippen LogP contribution >= 0.6 is 0 Å². The SMILES string of the molecule is Cc1noc([C@H]2CCCN(S(=O)(=O)c3c(C)cc(C(C)(C)C)cc3C)C2)n1. The molecule has 1 aliphatic heterocycles. The minimum Gasteiger partial charge on any atom is -0.339 e. The Balaban J connectivity index is 1.94. The maximum atomic E-state index is 13.4. The van der Waals surface area contributed by atoms with Gasteiger partial charge in [-0.1, -0.05) is 38.1 Å². The summed E-state index contributed by atoms with van der Waals surface area (Å²) in [7, 11) is -3.58. The van der Waals surface area contributed by atoms with Crippen molar-refractivity contribution in [2.75, 3.05) is 13.1 Å². The molecule has 0 amide bonds. The maximum absolute atomic E-state index is 13.4. The van der Waals surface area contributed by atoms with Gasteiger partial charge in [0.2, 0.25) is 15.9 Å². The van der Waals surface area contributed by atoms with Crippen LogP contribution in [0.3, 0.4) is 0 Å². The highest BCUT2D eigenvalue weighted by Gasteiger charge is 2.35. The molecule has 1 aromatic heterocycles. The Labute approximate surface area is 162 Å². The fourth-order valence-electron chi connectivity index (χ4n) is 3.76. The van der Waals surface area contributed by atoms with Gasteiger partial charge in [-0.2, -0.15) is 9.29 Å². The number of hydrogen-bond donors (Lipinski definition) is 0. The van der Waals surface area contributed by atoms with Gasteiger partial charge in [0.05, 0.1) is 10.8 Å². The molecule has 0 N–H and O–H groups in total. The van der Waals surface area contributed by atoms with Crippen LogP contribution in [0.2, 0.25) is 0 Å². The summed E-state index contributed by atoms with van der Waals surface area (Å²) in [4.78, 5) is 4.73. The lowest BCUT2D eigenvalue weighted by Crippen LogP contribution is -2.39. The lowest BCUT2D eigenvalue weighted by Gasteiger charge is -2.31. The van der Waals surface area contributed by atoms with Crippen molar-refractivity contribution in [1.29, 1.82) is 0 Å². The molecule has 2 heterocycles. The Morgan fingerprint density at radius 3 is 2.30 bits per heavy atom. The third kappa shape index (κ3) is 3.94. The van der Waals surface area contributed by atoms with Gasteiger partial charge in [-0.3, -0.25) is 0 Å². The summed E-state index contributed by atoms with van der Waals surface area (Å²) in [5.41, 5.74) is 2.73. The normalized spacial score (nSPS) is 19.4. The van der Waals surface area contributed by atoms with Gasteiger partial charge < -0.3 is 4.52 Å². The van der Waals surface area contributed by atoms with E-state index in [1.807, 2.05) is 26.0 Å². The molecule has 27 heavy (non-hydrogen) atoms. The average Bonchev–Trinajstić information content (AvgIpc) is 3.00. The maximum Gasteiger partial charge on any atom is 0.243 e. The molecule has 2 aromatic rings. The standard InChI is InChI=1S/C20H29N3O3S/c1-13-10-17(20(4,5)6)11-14(2)18(13)27(24,25)23-9-7-8-16(12-23)19-21-15(3)22-26-19/h10-11,16H,7-9,12H2,1-6H3/t16-/m0/s1. The molecule has 7 heteroatoms. The number of aromatic nitrogens is 2. The quantitative estimate of drug-likeness (QED) is 0.794. The summed E-state index contributed by atoms with van der Waals surface area (Å²) in [5.74, 6) is 1.06. The van der Waals surface area contributed by atoms with E-state index < -0.39 is 10.0 Å². The van der Waals surface area contributed by atoms with Crippen molar-refractivity contribution in [2.45, 2.75) is 70.6 Å². The van der Waals surface area contributed by atoms with E-state index in [0.717, 1.165) is 29.5 Å². The molecule has 0 saturated carbocycles. The van der Waals surface area contributed by atoms with Crippen LogP contribution in [0.1, 0.15) is 67.9 Å². The van der Waals surface area contributed by atoms with E-state index in [1.54, 1.807) is 11.2 Å². The van der Waals surface area contributed by atoms with Gasteiger partial charge in [-0.15, -0.1) is 0 Å². The van der Waals surface area contributed by atoms with Gasteiger partial charge in [-0.05, 0) is 55.7 Å². The van der Waals surface area contributed by atoms with Crippen LogP contribution in [0, 0.1) is 20.8 Å². The summed E-state index contributed by atoms with van der Waals surface area (Å²) >= 11 is 0. The average molecular weight is 392 g/mol. The first-order valence-corrected chi connectivity index (χ1v) is 10.9. The van der Waals surface area contributed by atoms with Crippen molar-refractivity contribution in [2.24, 2.45) is 0 Å². The van der Waals surface area contributed by atoms with Crippen LogP contribution < -0.4 is 0 Å². The van der Waals surface area contributed by atoms with E-state index >= 15 is 0 Å². The van der Waals surface area contributed by atoms with Crippen LogP contribution in [0.4, 0.5) is 0 Å². The number of piperidine rings is 1. The monoisotopic (exact) mass is 391 g/mol. The summed E-state index contributed by atoms with van der Waals surface area (Å²) < 4.78 is 33.7. The predicted molar refractivity (Wildman–Crippen MR) is 104 cm³/mol. The van der Waals surface area contributed by atoms with Gasteiger partial charge in [0, 0.05) is 13.1 Å². The van der Waals surface area contributed by atoms with E-state index in [2.05, 4.69) is 30.9 Å². The topological polar surface area (TPSA) is 76.3 Å². The van der Waals surface area contributed by atoms with E-state index in [4.69, 9.17) is 4.52 Å². The van der Waals surface area contributed by atoms with Gasteiger partial charge in [-0.25, -0.2) is 8.42 Å². The molecule has 0 aliphatic carbocycles. The molecule has 1 aliphatic rings. The summed E-state index contributed by atoms with van der Waals surface area (Å²) in [6.45, 7) is 12.9. The first-order valence-electron chi connectivity index (χ1n) is 9.42. The van der Waals surface area contributed by atoms with Crippen molar-refractivity contribution in [3.8, 4) is 0 Å². The molecule has 0 unspecified atom stereocenters. The zero-order chi connectivity index (χ0) is 20.0. The molecule has 0 radical (unpaired) electrons. The van der Waals surface area contributed by atoms with E-state index in [9.17, 15) is 8.42 Å². The molecule has 148 valence electrons. The summed E-state index contributed by atoms with van der Waals surface area (Å²) in [6.07, 6.45) is 1.64.